The lowest BCUT2D eigenvalue weighted by atomic mass is 9.64. The van der Waals surface area contributed by atoms with Gasteiger partial charge in [-0.1, -0.05) is 27.7 Å². The summed E-state index contributed by atoms with van der Waals surface area (Å²) in [5.74, 6) is 1.89. The molecule has 2 rings (SSSR count). The highest BCUT2D eigenvalue weighted by Crippen LogP contribution is 2.65. The van der Waals surface area contributed by atoms with E-state index in [2.05, 4.69) is 33.0 Å². The lowest BCUT2D eigenvalue weighted by Gasteiger charge is -2.43. The van der Waals surface area contributed by atoms with Gasteiger partial charge in [-0.15, -0.1) is 0 Å². The molecule has 2 fully saturated rings. The summed E-state index contributed by atoms with van der Waals surface area (Å²) in [5, 5.41) is 3.64. The maximum absolute atomic E-state index is 3.64. The standard InChI is InChI=1S/C14H27N/c1-5-8-15-10-12-13(2,3)11-6-7-14(12,4)9-11/h11-12,15H,5-10H2,1-4H3. The maximum Gasteiger partial charge on any atom is -0.00101 e. The van der Waals surface area contributed by atoms with Gasteiger partial charge in [0.15, 0.2) is 0 Å². The molecular formula is C14H27N. The van der Waals surface area contributed by atoms with Crippen molar-refractivity contribution in [3.05, 3.63) is 0 Å². The van der Waals surface area contributed by atoms with Crippen LogP contribution in [0.2, 0.25) is 0 Å². The van der Waals surface area contributed by atoms with Gasteiger partial charge in [-0.2, -0.15) is 0 Å². The number of fused-ring (bicyclic) bond motifs is 2. The van der Waals surface area contributed by atoms with E-state index in [-0.39, 0.29) is 0 Å². The molecule has 0 spiro atoms. The van der Waals surface area contributed by atoms with E-state index in [9.17, 15) is 0 Å². The Balaban J connectivity index is 2.02. The predicted molar refractivity (Wildman–Crippen MR) is 65.9 cm³/mol. The highest BCUT2D eigenvalue weighted by atomic mass is 14.9. The Kier molecular flexibility index (Phi) is 2.87. The molecule has 0 aromatic carbocycles. The first kappa shape index (κ1) is 11.4. The molecule has 2 saturated carbocycles. The molecule has 1 heteroatoms. The van der Waals surface area contributed by atoms with E-state index in [0.29, 0.717) is 10.8 Å². The SMILES string of the molecule is CCCNCC1C2(C)CCC(C2)C1(C)C. The summed E-state index contributed by atoms with van der Waals surface area (Å²) in [4.78, 5) is 0. The summed E-state index contributed by atoms with van der Waals surface area (Å²) in [6, 6.07) is 0. The molecule has 0 aromatic rings. The van der Waals surface area contributed by atoms with Crippen LogP contribution in [0, 0.1) is 22.7 Å². The Morgan fingerprint density at radius 2 is 2.00 bits per heavy atom. The predicted octanol–water partition coefficient (Wildman–Crippen LogP) is 3.45. The molecular weight excluding hydrogens is 182 g/mol. The largest absolute Gasteiger partial charge is 0.316 e. The first-order chi connectivity index (χ1) is 7.00. The molecule has 0 aliphatic heterocycles. The Labute approximate surface area is 95.0 Å². The van der Waals surface area contributed by atoms with E-state index in [0.717, 1.165) is 11.8 Å². The summed E-state index contributed by atoms with van der Waals surface area (Å²) >= 11 is 0. The van der Waals surface area contributed by atoms with Crippen molar-refractivity contribution in [1.82, 2.24) is 5.32 Å². The fourth-order valence-electron chi connectivity index (χ4n) is 4.34. The van der Waals surface area contributed by atoms with Gasteiger partial charge >= 0.3 is 0 Å². The first-order valence-corrected chi connectivity index (χ1v) is 6.71. The van der Waals surface area contributed by atoms with Gasteiger partial charge in [0.2, 0.25) is 0 Å². The van der Waals surface area contributed by atoms with Crippen molar-refractivity contribution in [3.63, 3.8) is 0 Å². The van der Waals surface area contributed by atoms with Crippen molar-refractivity contribution < 1.29 is 0 Å². The minimum atomic E-state index is 0.577. The van der Waals surface area contributed by atoms with Crippen LogP contribution in [0.5, 0.6) is 0 Å². The van der Waals surface area contributed by atoms with Crippen LogP contribution in [-0.2, 0) is 0 Å². The van der Waals surface area contributed by atoms with Crippen LogP contribution < -0.4 is 5.32 Å². The molecule has 88 valence electrons. The molecule has 2 bridgehead atoms. The van der Waals surface area contributed by atoms with Crippen molar-refractivity contribution in [2.45, 2.75) is 53.4 Å². The highest BCUT2D eigenvalue weighted by molar-refractivity contribution is 5.08. The molecule has 0 amide bonds. The van der Waals surface area contributed by atoms with E-state index in [4.69, 9.17) is 0 Å². The molecule has 3 unspecified atom stereocenters. The zero-order valence-electron chi connectivity index (χ0n) is 10.9. The van der Waals surface area contributed by atoms with Crippen LogP contribution in [-0.4, -0.2) is 13.1 Å². The van der Waals surface area contributed by atoms with E-state index < -0.39 is 0 Å². The average molecular weight is 209 g/mol. The molecule has 0 aromatic heterocycles. The van der Waals surface area contributed by atoms with Gasteiger partial charge in [0, 0.05) is 0 Å². The Morgan fingerprint density at radius 1 is 1.27 bits per heavy atom. The zero-order valence-corrected chi connectivity index (χ0v) is 10.9. The van der Waals surface area contributed by atoms with Gasteiger partial charge in [0.1, 0.15) is 0 Å². The van der Waals surface area contributed by atoms with Crippen LogP contribution in [0.1, 0.15) is 53.4 Å². The van der Waals surface area contributed by atoms with Crippen LogP contribution in [0.15, 0.2) is 0 Å². The number of nitrogens with one attached hydrogen (secondary N) is 1. The second kappa shape index (κ2) is 3.76. The average Bonchev–Trinajstić information content (AvgIpc) is 2.62. The van der Waals surface area contributed by atoms with Gasteiger partial charge in [0.25, 0.3) is 0 Å². The van der Waals surface area contributed by atoms with Gasteiger partial charge in [-0.25, -0.2) is 0 Å². The third kappa shape index (κ3) is 1.73. The highest BCUT2D eigenvalue weighted by Gasteiger charge is 2.58. The summed E-state index contributed by atoms with van der Waals surface area (Å²) in [6.07, 6.45) is 5.69. The quantitative estimate of drug-likeness (QED) is 0.699. The van der Waals surface area contributed by atoms with Gasteiger partial charge < -0.3 is 5.32 Å². The minimum Gasteiger partial charge on any atom is -0.316 e. The monoisotopic (exact) mass is 209 g/mol. The number of hydrogen-bond acceptors (Lipinski definition) is 1. The molecule has 3 atom stereocenters. The normalized spacial score (nSPS) is 42.4. The maximum atomic E-state index is 3.64. The Bertz CT molecular complexity index is 229. The number of rotatable bonds is 4. The zero-order chi connectivity index (χ0) is 11.1. The van der Waals surface area contributed by atoms with Gasteiger partial charge in [0.05, 0.1) is 0 Å². The third-order valence-corrected chi connectivity index (χ3v) is 5.34. The molecule has 15 heavy (non-hydrogen) atoms. The molecule has 1 nitrogen and oxygen atoms in total. The summed E-state index contributed by atoms with van der Waals surface area (Å²) in [7, 11) is 0. The third-order valence-electron chi connectivity index (χ3n) is 5.34. The van der Waals surface area contributed by atoms with E-state index in [1.165, 1.54) is 38.8 Å². The van der Waals surface area contributed by atoms with Crippen molar-refractivity contribution in [2.24, 2.45) is 22.7 Å². The van der Waals surface area contributed by atoms with Gasteiger partial charge in [-0.3, -0.25) is 0 Å². The Morgan fingerprint density at radius 3 is 2.53 bits per heavy atom. The summed E-state index contributed by atoms with van der Waals surface area (Å²) in [5.41, 5.74) is 1.22. The topological polar surface area (TPSA) is 12.0 Å². The van der Waals surface area contributed by atoms with Crippen LogP contribution in [0.4, 0.5) is 0 Å². The summed E-state index contributed by atoms with van der Waals surface area (Å²) in [6.45, 7) is 12.2. The minimum absolute atomic E-state index is 0.577. The molecule has 2 aliphatic carbocycles. The molecule has 0 radical (unpaired) electrons. The summed E-state index contributed by atoms with van der Waals surface area (Å²) < 4.78 is 0. The van der Waals surface area contributed by atoms with Gasteiger partial charge in [-0.05, 0) is 61.4 Å². The van der Waals surface area contributed by atoms with Crippen molar-refractivity contribution in [1.29, 1.82) is 0 Å². The molecule has 0 saturated heterocycles. The first-order valence-electron chi connectivity index (χ1n) is 6.71. The van der Waals surface area contributed by atoms with Crippen molar-refractivity contribution >= 4 is 0 Å². The number of hydrogen-bond donors (Lipinski definition) is 1. The van der Waals surface area contributed by atoms with Crippen LogP contribution in [0.3, 0.4) is 0 Å². The van der Waals surface area contributed by atoms with Crippen molar-refractivity contribution in [3.8, 4) is 0 Å². The van der Waals surface area contributed by atoms with Crippen LogP contribution >= 0.6 is 0 Å². The fraction of sp³-hybridized carbons (Fsp3) is 1.00. The molecule has 1 N–H and O–H groups in total. The fourth-order valence-corrected chi connectivity index (χ4v) is 4.34. The smallest absolute Gasteiger partial charge is 0.00101 e. The lowest BCUT2D eigenvalue weighted by molar-refractivity contribution is 0.0743. The van der Waals surface area contributed by atoms with E-state index in [1.54, 1.807) is 0 Å². The van der Waals surface area contributed by atoms with E-state index in [1.807, 2.05) is 0 Å². The van der Waals surface area contributed by atoms with Crippen molar-refractivity contribution in [2.75, 3.05) is 13.1 Å². The lowest BCUT2D eigenvalue weighted by Crippen LogP contribution is -2.42. The second-order valence-electron chi connectivity index (χ2n) is 6.67. The molecule has 2 aliphatic rings. The second-order valence-corrected chi connectivity index (χ2v) is 6.67. The Hall–Kier alpha value is -0.0400. The molecule has 0 heterocycles. The van der Waals surface area contributed by atoms with Crippen LogP contribution in [0.25, 0.3) is 0 Å². The van der Waals surface area contributed by atoms with E-state index >= 15 is 0 Å².